The van der Waals surface area contributed by atoms with Crippen molar-refractivity contribution in [1.82, 2.24) is 10.3 Å². The van der Waals surface area contributed by atoms with Gasteiger partial charge < -0.3 is 10.1 Å². The average molecular weight is 242 g/mol. The second-order valence-corrected chi connectivity index (χ2v) is 4.79. The van der Waals surface area contributed by atoms with Crippen molar-refractivity contribution in [2.45, 2.75) is 25.3 Å². The normalized spacial score (nSPS) is 19.9. The first-order chi connectivity index (χ1) is 8.88. The summed E-state index contributed by atoms with van der Waals surface area (Å²) in [5, 5.41) is 4.80. The minimum Gasteiger partial charge on any atom is -0.497 e. The fourth-order valence-electron chi connectivity index (χ4n) is 2.69. The molecule has 0 bridgehead atoms. The van der Waals surface area contributed by atoms with E-state index in [1.165, 1.54) is 30.2 Å². The van der Waals surface area contributed by atoms with E-state index in [1.54, 1.807) is 7.11 Å². The number of piperidine rings is 1. The van der Waals surface area contributed by atoms with E-state index in [0.717, 1.165) is 17.8 Å². The summed E-state index contributed by atoms with van der Waals surface area (Å²) in [6.07, 6.45) is 5.69. The average Bonchev–Trinajstić information content (AvgIpc) is 2.47. The maximum absolute atomic E-state index is 5.32. The summed E-state index contributed by atoms with van der Waals surface area (Å²) in [6.45, 7) is 1.11. The van der Waals surface area contributed by atoms with E-state index in [1.807, 2.05) is 18.3 Å². The Bertz CT molecular complexity index is 547. The minimum atomic E-state index is 0.455. The van der Waals surface area contributed by atoms with Crippen LogP contribution in [-0.4, -0.2) is 18.6 Å². The van der Waals surface area contributed by atoms with Gasteiger partial charge in [-0.15, -0.1) is 0 Å². The fourth-order valence-corrected chi connectivity index (χ4v) is 2.69. The Morgan fingerprint density at radius 1 is 1.28 bits per heavy atom. The van der Waals surface area contributed by atoms with Crippen LogP contribution in [0, 0.1) is 0 Å². The molecule has 1 aromatic heterocycles. The van der Waals surface area contributed by atoms with Gasteiger partial charge in [0.2, 0.25) is 0 Å². The molecule has 3 heteroatoms. The topological polar surface area (TPSA) is 34.1 Å². The van der Waals surface area contributed by atoms with Crippen LogP contribution in [0.1, 0.15) is 30.9 Å². The third-order valence-electron chi connectivity index (χ3n) is 3.67. The van der Waals surface area contributed by atoms with Crippen LogP contribution in [-0.2, 0) is 0 Å². The van der Waals surface area contributed by atoms with Crippen molar-refractivity contribution in [3.8, 4) is 5.75 Å². The van der Waals surface area contributed by atoms with Crippen LogP contribution < -0.4 is 10.1 Å². The van der Waals surface area contributed by atoms with Gasteiger partial charge in [0, 0.05) is 17.6 Å². The van der Waals surface area contributed by atoms with E-state index in [0.29, 0.717) is 6.04 Å². The van der Waals surface area contributed by atoms with Crippen LogP contribution in [0.25, 0.3) is 10.9 Å². The van der Waals surface area contributed by atoms with Crippen molar-refractivity contribution in [3.05, 3.63) is 36.0 Å². The standard InChI is InChI=1S/C15H18N2O/c1-18-11-5-6-15-13(10-11)12(7-9-17-15)14-4-2-3-8-16-14/h5-7,9-10,14,16H,2-4,8H2,1H3. The zero-order valence-electron chi connectivity index (χ0n) is 10.6. The molecule has 1 atom stereocenters. The highest BCUT2D eigenvalue weighted by atomic mass is 16.5. The molecule has 0 spiro atoms. The Morgan fingerprint density at radius 3 is 3.00 bits per heavy atom. The molecular weight excluding hydrogens is 224 g/mol. The molecule has 1 saturated heterocycles. The summed E-state index contributed by atoms with van der Waals surface area (Å²) in [4.78, 5) is 4.43. The molecule has 1 aliphatic rings. The lowest BCUT2D eigenvalue weighted by Crippen LogP contribution is -2.26. The van der Waals surface area contributed by atoms with Gasteiger partial charge in [-0.2, -0.15) is 0 Å². The smallest absolute Gasteiger partial charge is 0.119 e. The van der Waals surface area contributed by atoms with Gasteiger partial charge in [-0.3, -0.25) is 4.98 Å². The monoisotopic (exact) mass is 242 g/mol. The van der Waals surface area contributed by atoms with Gasteiger partial charge in [-0.25, -0.2) is 0 Å². The molecule has 1 unspecified atom stereocenters. The molecule has 0 radical (unpaired) electrons. The Hall–Kier alpha value is -1.61. The Kier molecular flexibility index (Phi) is 3.15. The number of methoxy groups -OCH3 is 1. The number of hydrogen-bond acceptors (Lipinski definition) is 3. The van der Waals surface area contributed by atoms with Crippen molar-refractivity contribution in [1.29, 1.82) is 0 Å². The van der Waals surface area contributed by atoms with E-state index < -0.39 is 0 Å². The second-order valence-electron chi connectivity index (χ2n) is 4.79. The maximum atomic E-state index is 5.32. The second kappa shape index (κ2) is 4.94. The molecule has 1 N–H and O–H groups in total. The lowest BCUT2D eigenvalue weighted by atomic mass is 9.95. The largest absolute Gasteiger partial charge is 0.497 e. The van der Waals surface area contributed by atoms with Gasteiger partial charge in [0.05, 0.1) is 12.6 Å². The quantitative estimate of drug-likeness (QED) is 0.878. The van der Waals surface area contributed by atoms with Gasteiger partial charge in [0.25, 0.3) is 0 Å². The molecule has 18 heavy (non-hydrogen) atoms. The van der Waals surface area contributed by atoms with Crippen molar-refractivity contribution in [3.63, 3.8) is 0 Å². The molecule has 0 amide bonds. The lowest BCUT2D eigenvalue weighted by Gasteiger charge is -2.25. The number of benzene rings is 1. The van der Waals surface area contributed by atoms with Crippen LogP contribution in [0.3, 0.4) is 0 Å². The van der Waals surface area contributed by atoms with Gasteiger partial charge in [-0.05, 0) is 49.2 Å². The molecule has 94 valence electrons. The predicted octanol–water partition coefficient (Wildman–Crippen LogP) is 3.06. The van der Waals surface area contributed by atoms with E-state index in [4.69, 9.17) is 4.74 Å². The number of pyridine rings is 1. The number of rotatable bonds is 2. The minimum absolute atomic E-state index is 0.455. The first kappa shape index (κ1) is 11.5. The zero-order chi connectivity index (χ0) is 12.4. The molecule has 2 aromatic rings. The van der Waals surface area contributed by atoms with E-state index in [-0.39, 0.29) is 0 Å². The van der Waals surface area contributed by atoms with Crippen molar-refractivity contribution >= 4 is 10.9 Å². The van der Waals surface area contributed by atoms with Crippen molar-refractivity contribution < 1.29 is 4.74 Å². The van der Waals surface area contributed by atoms with Crippen LogP contribution >= 0.6 is 0 Å². The summed E-state index contributed by atoms with van der Waals surface area (Å²) in [6, 6.07) is 8.67. The van der Waals surface area contributed by atoms with Gasteiger partial charge in [-0.1, -0.05) is 6.42 Å². The highest BCUT2D eigenvalue weighted by molar-refractivity contribution is 5.84. The molecule has 1 aliphatic heterocycles. The highest BCUT2D eigenvalue weighted by Crippen LogP contribution is 2.30. The number of fused-ring (bicyclic) bond motifs is 1. The van der Waals surface area contributed by atoms with E-state index >= 15 is 0 Å². The Labute approximate surface area is 107 Å². The van der Waals surface area contributed by atoms with Crippen LogP contribution in [0.15, 0.2) is 30.5 Å². The highest BCUT2D eigenvalue weighted by Gasteiger charge is 2.17. The van der Waals surface area contributed by atoms with E-state index in [9.17, 15) is 0 Å². The summed E-state index contributed by atoms with van der Waals surface area (Å²) in [7, 11) is 1.70. The Morgan fingerprint density at radius 2 is 2.22 bits per heavy atom. The molecule has 3 rings (SSSR count). The molecule has 2 heterocycles. The molecule has 0 saturated carbocycles. The number of ether oxygens (including phenoxy) is 1. The number of hydrogen-bond donors (Lipinski definition) is 1. The first-order valence-electron chi connectivity index (χ1n) is 6.54. The van der Waals surface area contributed by atoms with Crippen molar-refractivity contribution in [2.24, 2.45) is 0 Å². The summed E-state index contributed by atoms with van der Waals surface area (Å²) in [5.41, 5.74) is 2.39. The summed E-state index contributed by atoms with van der Waals surface area (Å²) >= 11 is 0. The maximum Gasteiger partial charge on any atom is 0.119 e. The molecular formula is C15H18N2O. The first-order valence-corrected chi connectivity index (χ1v) is 6.54. The third-order valence-corrected chi connectivity index (χ3v) is 3.67. The summed E-state index contributed by atoms with van der Waals surface area (Å²) < 4.78 is 5.32. The molecule has 0 aliphatic carbocycles. The number of aromatic nitrogens is 1. The SMILES string of the molecule is COc1ccc2nccc(C3CCCCN3)c2c1. The lowest BCUT2D eigenvalue weighted by molar-refractivity contribution is 0.411. The zero-order valence-corrected chi connectivity index (χ0v) is 10.6. The number of nitrogens with one attached hydrogen (secondary N) is 1. The molecule has 3 nitrogen and oxygen atoms in total. The van der Waals surface area contributed by atoms with Crippen LogP contribution in [0.2, 0.25) is 0 Å². The van der Waals surface area contributed by atoms with Crippen LogP contribution in [0.4, 0.5) is 0 Å². The van der Waals surface area contributed by atoms with Gasteiger partial charge in [0.15, 0.2) is 0 Å². The predicted molar refractivity (Wildman–Crippen MR) is 72.9 cm³/mol. The third kappa shape index (κ3) is 2.06. The fraction of sp³-hybridized carbons (Fsp3) is 0.400. The van der Waals surface area contributed by atoms with E-state index in [2.05, 4.69) is 22.4 Å². The van der Waals surface area contributed by atoms with Gasteiger partial charge in [0.1, 0.15) is 5.75 Å². The van der Waals surface area contributed by atoms with Crippen molar-refractivity contribution in [2.75, 3.05) is 13.7 Å². The van der Waals surface area contributed by atoms with Gasteiger partial charge >= 0.3 is 0 Å². The molecule has 1 fully saturated rings. The number of nitrogens with zero attached hydrogens (tertiary/aromatic N) is 1. The molecule has 1 aromatic carbocycles. The Balaban J connectivity index is 2.09. The van der Waals surface area contributed by atoms with Crippen LogP contribution in [0.5, 0.6) is 5.75 Å². The summed E-state index contributed by atoms with van der Waals surface area (Å²) in [5.74, 6) is 0.896.